The topological polar surface area (TPSA) is 47.0 Å². The molecule has 2 saturated heterocycles. The highest BCUT2D eigenvalue weighted by molar-refractivity contribution is 5.86. The summed E-state index contributed by atoms with van der Waals surface area (Å²) in [6.07, 6.45) is 8.02. The molecule has 0 aromatic rings. The summed E-state index contributed by atoms with van der Waals surface area (Å²) < 4.78 is 0. The molecule has 1 saturated carbocycles. The number of piperazine rings is 1. The third kappa shape index (κ3) is 4.30. The number of carbonyl (C=O) groups excluding carboxylic acids is 1. The van der Waals surface area contributed by atoms with Crippen molar-refractivity contribution in [2.45, 2.75) is 57.5 Å². The average Bonchev–Trinajstić information content (AvgIpc) is 2.61. The Morgan fingerprint density at radius 1 is 1.00 bits per heavy atom. The molecule has 0 radical (unpaired) electrons. The lowest BCUT2D eigenvalue weighted by atomic mass is 9.86. The van der Waals surface area contributed by atoms with E-state index in [4.69, 9.17) is 0 Å². The van der Waals surface area contributed by atoms with E-state index in [2.05, 4.69) is 16.7 Å². The van der Waals surface area contributed by atoms with Gasteiger partial charge < -0.3 is 14.9 Å². The van der Waals surface area contributed by atoms with Gasteiger partial charge >= 0.3 is 0 Å². The molecule has 1 aliphatic carbocycles. The minimum atomic E-state index is -1.15. The standard InChI is InChI=1S/C19H35N3O2/c1-2-20-11-13-21(14-12-20)16-19(24)9-6-10-22(18(19)23)15-17-7-4-3-5-8-17/h17,24H,2-16H2,1H3. The molecular weight excluding hydrogens is 302 g/mol. The Kier molecular flexibility index (Phi) is 6.17. The zero-order chi connectivity index (χ0) is 17.0. The molecule has 2 aliphatic heterocycles. The molecule has 3 rings (SSSR count). The first-order chi connectivity index (χ1) is 11.6. The SMILES string of the molecule is CCN1CCN(CC2(O)CCCN(CC3CCCCC3)C2=O)CC1. The van der Waals surface area contributed by atoms with Gasteiger partial charge in [-0.05, 0) is 38.1 Å². The third-order valence-electron chi connectivity index (χ3n) is 6.30. The molecule has 3 fully saturated rings. The van der Waals surface area contributed by atoms with Crippen molar-refractivity contribution < 1.29 is 9.90 Å². The van der Waals surface area contributed by atoms with Crippen molar-refractivity contribution in [1.29, 1.82) is 0 Å². The summed E-state index contributed by atoms with van der Waals surface area (Å²) in [5.74, 6) is 0.649. The Morgan fingerprint density at radius 2 is 1.67 bits per heavy atom. The molecule has 0 aromatic heterocycles. The number of hydrogen-bond acceptors (Lipinski definition) is 4. The van der Waals surface area contributed by atoms with Crippen molar-refractivity contribution in [3.63, 3.8) is 0 Å². The smallest absolute Gasteiger partial charge is 0.255 e. The van der Waals surface area contributed by atoms with Crippen molar-refractivity contribution >= 4 is 5.91 Å². The molecule has 1 amide bonds. The summed E-state index contributed by atoms with van der Waals surface area (Å²) in [5.41, 5.74) is -1.15. The van der Waals surface area contributed by atoms with Gasteiger partial charge in [-0.1, -0.05) is 26.2 Å². The zero-order valence-corrected chi connectivity index (χ0v) is 15.4. The number of aliphatic hydroxyl groups is 1. The van der Waals surface area contributed by atoms with Crippen molar-refractivity contribution in [2.75, 3.05) is 52.4 Å². The summed E-state index contributed by atoms with van der Waals surface area (Å²) in [6.45, 7) is 9.52. The fourth-order valence-corrected chi connectivity index (χ4v) is 4.70. The van der Waals surface area contributed by atoms with Crippen LogP contribution in [-0.2, 0) is 4.79 Å². The van der Waals surface area contributed by atoms with Crippen molar-refractivity contribution in [2.24, 2.45) is 5.92 Å². The Bertz CT molecular complexity index is 417. The van der Waals surface area contributed by atoms with Crippen LogP contribution in [0.25, 0.3) is 0 Å². The molecule has 1 atom stereocenters. The molecule has 5 heteroatoms. The van der Waals surface area contributed by atoms with Crippen molar-refractivity contribution in [3.05, 3.63) is 0 Å². The highest BCUT2D eigenvalue weighted by Gasteiger charge is 2.44. The number of piperidine rings is 1. The lowest BCUT2D eigenvalue weighted by molar-refractivity contribution is -0.161. The van der Waals surface area contributed by atoms with E-state index in [0.717, 1.165) is 52.2 Å². The van der Waals surface area contributed by atoms with Crippen LogP contribution in [0, 0.1) is 5.92 Å². The fraction of sp³-hybridized carbons (Fsp3) is 0.947. The maximum atomic E-state index is 13.0. The van der Waals surface area contributed by atoms with Gasteiger partial charge in [0.2, 0.25) is 0 Å². The lowest BCUT2D eigenvalue weighted by Gasteiger charge is -2.43. The number of likely N-dealkylation sites (tertiary alicyclic amines) is 1. The van der Waals surface area contributed by atoms with E-state index in [9.17, 15) is 9.90 Å². The minimum absolute atomic E-state index is 0.00255. The van der Waals surface area contributed by atoms with Gasteiger partial charge in [-0.15, -0.1) is 0 Å². The van der Waals surface area contributed by atoms with Crippen LogP contribution in [0.1, 0.15) is 51.9 Å². The van der Waals surface area contributed by atoms with Crippen LogP contribution >= 0.6 is 0 Å². The van der Waals surface area contributed by atoms with Gasteiger partial charge in [-0.25, -0.2) is 0 Å². The number of amides is 1. The van der Waals surface area contributed by atoms with Gasteiger partial charge in [0.05, 0.1) is 0 Å². The van der Waals surface area contributed by atoms with Crippen LogP contribution in [-0.4, -0.2) is 83.7 Å². The summed E-state index contributed by atoms with van der Waals surface area (Å²) in [5, 5.41) is 11.1. The molecule has 0 bridgehead atoms. The predicted octanol–water partition coefficient (Wildman–Crippen LogP) is 1.56. The highest BCUT2D eigenvalue weighted by atomic mass is 16.3. The lowest BCUT2D eigenvalue weighted by Crippen LogP contribution is -2.61. The summed E-state index contributed by atoms with van der Waals surface area (Å²) >= 11 is 0. The summed E-state index contributed by atoms with van der Waals surface area (Å²) in [7, 11) is 0. The third-order valence-corrected chi connectivity index (χ3v) is 6.30. The van der Waals surface area contributed by atoms with E-state index in [1.807, 2.05) is 4.90 Å². The van der Waals surface area contributed by atoms with Gasteiger partial charge in [0.1, 0.15) is 0 Å². The maximum absolute atomic E-state index is 13.0. The monoisotopic (exact) mass is 337 g/mol. The molecule has 24 heavy (non-hydrogen) atoms. The van der Waals surface area contributed by atoms with E-state index >= 15 is 0 Å². The Hall–Kier alpha value is -0.650. The zero-order valence-electron chi connectivity index (χ0n) is 15.4. The molecule has 1 N–H and O–H groups in total. The molecule has 3 aliphatic rings. The van der Waals surface area contributed by atoms with Crippen LogP contribution in [0.4, 0.5) is 0 Å². The summed E-state index contributed by atoms with van der Waals surface area (Å²) in [4.78, 5) is 19.6. The molecule has 138 valence electrons. The van der Waals surface area contributed by atoms with Crippen LogP contribution < -0.4 is 0 Å². The number of hydrogen-bond donors (Lipinski definition) is 1. The second-order valence-electron chi connectivity index (χ2n) is 8.10. The molecule has 0 spiro atoms. The number of β-amino-alcohol motifs (C(OH)–C–C–N with tert-alkyl or cyclic N) is 1. The second kappa shape index (κ2) is 8.15. The number of carbonyl (C=O) groups is 1. The van der Waals surface area contributed by atoms with Crippen LogP contribution in [0.2, 0.25) is 0 Å². The van der Waals surface area contributed by atoms with E-state index < -0.39 is 5.60 Å². The first-order valence-electron chi connectivity index (χ1n) is 10.1. The quantitative estimate of drug-likeness (QED) is 0.827. The molecule has 2 heterocycles. The van der Waals surface area contributed by atoms with Crippen LogP contribution in [0.15, 0.2) is 0 Å². The summed E-state index contributed by atoms with van der Waals surface area (Å²) in [6, 6.07) is 0. The molecule has 5 nitrogen and oxygen atoms in total. The second-order valence-corrected chi connectivity index (χ2v) is 8.10. The Morgan fingerprint density at radius 3 is 2.33 bits per heavy atom. The van der Waals surface area contributed by atoms with E-state index in [0.29, 0.717) is 18.9 Å². The normalized spacial score (nSPS) is 31.6. The largest absolute Gasteiger partial charge is 0.379 e. The minimum Gasteiger partial charge on any atom is -0.379 e. The average molecular weight is 338 g/mol. The molecular formula is C19H35N3O2. The first kappa shape index (κ1) is 18.2. The number of nitrogens with zero attached hydrogens (tertiary/aromatic N) is 3. The van der Waals surface area contributed by atoms with Gasteiger partial charge in [0.25, 0.3) is 5.91 Å². The Labute approximate surface area is 147 Å². The van der Waals surface area contributed by atoms with Gasteiger partial charge in [-0.3, -0.25) is 9.69 Å². The maximum Gasteiger partial charge on any atom is 0.255 e. The van der Waals surface area contributed by atoms with Gasteiger partial charge in [0, 0.05) is 45.8 Å². The number of rotatable bonds is 5. The highest BCUT2D eigenvalue weighted by Crippen LogP contribution is 2.29. The molecule has 0 aromatic carbocycles. The van der Waals surface area contributed by atoms with Crippen molar-refractivity contribution in [1.82, 2.24) is 14.7 Å². The first-order valence-corrected chi connectivity index (χ1v) is 10.1. The van der Waals surface area contributed by atoms with E-state index in [-0.39, 0.29) is 5.91 Å². The Balaban J connectivity index is 1.54. The predicted molar refractivity (Wildman–Crippen MR) is 95.9 cm³/mol. The van der Waals surface area contributed by atoms with E-state index in [1.165, 1.54) is 32.1 Å². The van der Waals surface area contributed by atoms with Crippen molar-refractivity contribution in [3.8, 4) is 0 Å². The fourth-order valence-electron chi connectivity index (χ4n) is 4.70. The van der Waals surface area contributed by atoms with Gasteiger partial charge in [0.15, 0.2) is 5.60 Å². The number of likely N-dealkylation sites (N-methyl/N-ethyl adjacent to an activating group) is 1. The van der Waals surface area contributed by atoms with E-state index in [1.54, 1.807) is 0 Å². The van der Waals surface area contributed by atoms with Gasteiger partial charge in [-0.2, -0.15) is 0 Å². The van der Waals surface area contributed by atoms with Crippen LogP contribution in [0.3, 0.4) is 0 Å². The van der Waals surface area contributed by atoms with Crippen LogP contribution in [0.5, 0.6) is 0 Å². The molecule has 1 unspecified atom stereocenters.